The SMILES string of the molecule is COc1ccccc1CC(C)N(C)C(=O)C(F)(F)F. The second kappa shape index (κ2) is 5.95. The molecule has 106 valence electrons. The fraction of sp³-hybridized carbons (Fsp3) is 0.462. The number of rotatable bonds is 4. The van der Waals surface area contributed by atoms with Gasteiger partial charge < -0.3 is 9.64 Å². The molecule has 0 N–H and O–H groups in total. The van der Waals surface area contributed by atoms with Crippen LogP contribution in [0.5, 0.6) is 5.75 Å². The van der Waals surface area contributed by atoms with Gasteiger partial charge >= 0.3 is 12.1 Å². The maximum atomic E-state index is 12.3. The number of nitrogens with zero attached hydrogens (tertiary/aromatic N) is 1. The Hall–Kier alpha value is -1.72. The lowest BCUT2D eigenvalue weighted by Crippen LogP contribution is -2.44. The van der Waals surface area contributed by atoms with Crippen molar-refractivity contribution < 1.29 is 22.7 Å². The molecule has 1 atom stereocenters. The van der Waals surface area contributed by atoms with E-state index < -0.39 is 18.1 Å². The van der Waals surface area contributed by atoms with E-state index in [1.165, 1.54) is 7.11 Å². The van der Waals surface area contributed by atoms with E-state index in [0.717, 1.165) is 12.6 Å². The lowest BCUT2D eigenvalue weighted by atomic mass is 10.1. The van der Waals surface area contributed by atoms with Crippen molar-refractivity contribution in [3.63, 3.8) is 0 Å². The second-order valence-electron chi connectivity index (χ2n) is 4.28. The first-order valence-corrected chi connectivity index (χ1v) is 5.73. The number of hydrogen-bond acceptors (Lipinski definition) is 2. The van der Waals surface area contributed by atoms with Gasteiger partial charge in [-0.05, 0) is 25.0 Å². The van der Waals surface area contributed by atoms with E-state index in [1.807, 2.05) is 0 Å². The van der Waals surface area contributed by atoms with Crippen LogP contribution < -0.4 is 4.74 Å². The molecule has 19 heavy (non-hydrogen) atoms. The van der Waals surface area contributed by atoms with Crippen LogP contribution in [0.4, 0.5) is 13.2 Å². The zero-order valence-corrected chi connectivity index (χ0v) is 11.0. The van der Waals surface area contributed by atoms with Crippen LogP contribution in [-0.2, 0) is 11.2 Å². The van der Waals surface area contributed by atoms with Crippen molar-refractivity contribution in [3.05, 3.63) is 29.8 Å². The summed E-state index contributed by atoms with van der Waals surface area (Å²) in [6.45, 7) is 1.57. The van der Waals surface area contributed by atoms with Gasteiger partial charge in [0.25, 0.3) is 0 Å². The Morgan fingerprint density at radius 1 is 1.37 bits per heavy atom. The Morgan fingerprint density at radius 2 is 1.95 bits per heavy atom. The maximum absolute atomic E-state index is 12.3. The van der Waals surface area contributed by atoms with Crippen LogP contribution >= 0.6 is 0 Å². The molecular formula is C13H16F3NO2. The van der Waals surface area contributed by atoms with Crippen molar-refractivity contribution in [1.82, 2.24) is 4.90 Å². The summed E-state index contributed by atoms with van der Waals surface area (Å²) in [5.41, 5.74) is 0.763. The normalized spacial score (nSPS) is 12.9. The fourth-order valence-corrected chi connectivity index (χ4v) is 1.73. The highest BCUT2D eigenvalue weighted by molar-refractivity contribution is 5.81. The van der Waals surface area contributed by atoms with Crippen molar-refractivity contribution in [2.24, 2.45) is 0 Å². The van der Waals surface area contributed by atoms with Crippen molar-refractivity contribution in [2.75, 3.05) is 14.2 Å². The van der Waals surface area contributed by atoms with Crippen LogP contribution in [0.15, 0.2) is 24.3 Å². The average Bonchev–Trinajstić information content (AvgIpc) is 2.36. The highest BCUT2D eigenvalue weighted by Gasteiger charge is 2.42. The molecule has 0 radical (unpaired) electrons. The average molecular weight is 275 g/mol. The summed E-state index contributed by atoms with van der Waals surface area (Å²) >= 11 is 0. The molecule has 3 nitrogen and oxygen atoms in total. The number of hydrogen-bond donors (Lipinski definition) is 0. The maximum Gasteiger partial charge on any atom is 0.471 e. The van der Waals surface area contributed by atoms with Gasteiger partial charge in [0.2, 0.25) is 0 Å². The molecule has 0 spiro atoms. The monoisotopic (exact) mass is 275 g/mol. The first kappa shape index (κ1) is 15.3. The van der Waals surface area contributed by atoms with E-state index in [0.29, 0.717) is 17.1 Å². The summed E-state index contributed by atoms with van der Waals surface area (Å²) in [7, 11) is 2.64. The van der Waals surface area contributed by atoms with Gasteiger partial charge in [-0.1, -0.05) is 18.2 Å². The molecule has 0 aliphatic heterocycles. The number of amides is 1. The molecular weight excluding hydrogens is 259 g/mol. The van der Waals surface area contributed by atoms with Crippen LogP contribution in [0.1, 0.15) is 12.5 Å². The minimum absolute atomic E-state index is 0.294. The van der Waals surface area contributed by atoms with E-state index in [-0.39, 0.29) is 0 Å². The third kappa shape index (κ3) is 3.87. The van der Waals surface area contributed by atoms with Crippen molar-refractivity contribution in [1.29, 1.82) is 0 Å². The molecule has 0 aromatic heterocycles. The lowest BCUT2D eigenvalue weighted by Gasteiger charge is -2.26. The number of halogens is 3. The molecule has 0 heterocycles. The molecule has 1 aromatic carbocycles. The summed E-state index contributed by atoms with van der Waals surface area (Å²) in [5.74, 6) is -1.24. The number of benzene rings is 1. The number of carbonyl (C=O) groups is 1. The van der Waals surface area contributed by atoms with Gasteiger partial charge in [0.15, 0.2) is 0 Å². The van der Waals surface area contributed by atoms with Crippen LogP contribution in [0, 0.1) is 0 Å². The number of methoxy groups -OCH3 is 1. The fourth-order valence-electron chi connectivity index (χ4n) is 1.73. The van der Waals surface area contributed by atoms with E-state index in [2.05, 4.69) is 0 Å². The number of likely N-dealkylation sites (N-methyl/N-ethyl adjacent to an activating group) is 1. The molecule has 0 bridgehead atoms. The van der Waals surface area contributed by atoms with E-state index >= 15 is 0 Å². The highest BCUT2D eigenvalue weighted by atomic mass is 19.4. The minimum Gasteiger partial charge on any atom is -0.496 e. The standard InChI is InChI=1S/C13H16F3NO2/c1-9(17(2)12(18)13(14,15)16)8-10-6-4-5-7-11(10)19-3/h4-7,9H,8H2,1-3H3. The van der Waals surface area contributed by atoms with Crippen LogP contribution in [-0.4, -0.2) is 37.2 Å². The molecule has 0 saturated carbocycles. The van der Waals surface area contributed by atoms with Gasteiger partial charge in [-0.3, -0.25) is 4.79 Å². The quantitative estimate of drug-likeness (QED) is 0.845. The van der Waals surface area contributed by atoms with Gasteiger partial charge in [-0.2, -0.15) is 13.2 Å². The molecule has 6 heteroatoms. The third-order valence-electron chi connectivity index (χ3n) is 2.93. The van der Waals surface area contributed by atoms with E-state index in [4.69, 9.17) is 4.74 Å². The van der Waals surface area contributed by atoms with Gasteiger partial charge in [0, 0.05) is 13.1 Å². The third-order valence-corrected chi connectivity index (χ3v) is 2.93. The molecule has 0 aliphatic rings. The predicted molar refractivity (Wildman–Crippen MR) is 65.0 cm³/mol. The van der Waals surface area contributed by atoms with Crippen molar-refractivity contribution in [2.45, 2.75) is 25.6 Å². The van der Waals surface area contributed by atoms with Crippen LogP contribution in [0.2, 0.25) is 0 Å². The predicted octanol–water partition coefficient (Wildman–Crippen LogP) is 2.65. The highest BCUT2D eigenvalue weighted by Crippen LogP contribution is 2.23. The smallest absolute Gasteiger partial charge is 0.471 e. The Balaban J connectivity index is 2.79. The first-order valence-electron chi connectivity index (χ1n) is 5.73. The molecule has 1 amide bonds. The number of para-hydroxylation sites is 1. The summed E-state index contributed by atoms with van der Waals surface area (Å²) < 4.78 is 42.1. The Bertz CT molecular complexity index is 446. The Morgan fingerprint density at radius 3 is 2.47 bits per heavy atom. The number of alkyl halides is 3. The van der Waals surface area contributed by atoms with Gasteiger partial charge in [0.05, 0.1) is 7.11 Å². The lowest BCUT2D eigenvalue weighted by molar-refractivity contribution is -0.185. The van der Waals surface area contributed by atoms with Gasteiger partial charge in [-0.15, -0.1) is 0 Å². The molecule has 1 unspecified atom stereocenters. The molecule has 0 saturated heterocycles. The van der Waals surface area contributed by atoms with E-state index in [9.17, 15) is 18.0 Å². The largest absolute Gasteiger partial charge is 0.496 e. The zero-order chi connectivity index (χ0) is 14.6. The molecule has 1 rings (SSSR count). The summed E-state index contributed by atoms with van der Waals surface area (Å²) in [4.78, 5) is 11.8. The Labute approximate surface area is 110 Å². The molecule has 1 aromatic rings. The molecule has 0 fully saturated rings. The minimum atomic E-state index is -4.84. The summed E-state index contributed by atoms with van der Waals surface area (Å²) in [5, 5.41) is 0. The summed E-state index contributed by atoms with van der Waals surface area (Å²) in [6.07, 6.45) is -4.55. The zero-order valence-electron chi connectivity index (χ0n) is 11.0. The van der Waals surface area contributed by atoms with Crippen LogP contribution in [0.3, 0.4) is 0 Å². The number of carbonyl (C=O) groups excluding carboxylic acids is 1. The van der Waals surface area contributed by atoms with Gasteiger partial charge in [-0.25, -0.2) is 0 Å². The van der Waals surface area contributed by atoms with Crippen molar-refractivity contribution in [3.8, 4) is 5.75 Å². The van der Waals surface area contributed by atoms with Gasteiger partial charge in [0.1, 0.15) is 5.75 Å². The molecule has 0 aliphatic carbocycles. The Kier molecular flexibility index (Phi) is 4.80. The number of ether oxygens (including phenoxy) is 1. The summed E-state index contributed by atoms with van der Waals surface area (Å²) in [6, 6.07) is 6.47. The van der Waals surface area contributed by atoms with Crippen LogP contribution in [0.25, 0.3) is 0 Å². The second-order valence-corrected chi connectivity index (χ2v) is 4.28. The first-order chi connectivity index (χ1) is 8.77. The van der Waals surface area contributed by atoms with Crippen molar-refractivity contribution >= 4 is 5.91 Å². The van der Waals surface area contributed by atoms with E-state index in [1.54, 1.807) is 31.2 Å². The topological polar surface area (TPSA) is 29.5 Å².